The standard InChI is InChI=1S/C13H12N2O5/c14-8-3-1-2-7-11(8)19-6-15(12(7)17)9-4-5-10(16)20-13(9)18/h1-3,9H,4-6,14H2. The van der Waals surface area contributed by atoms with Gasteiger partial charge in [-0.05, 0) is 18.6 Å². The molecule has 2 heterocycles. The average molecular weight is 276 g/mol. The molecule has 1 saturated heterocycles. The van der Waals surface area contributed by atoms with E-state index in [1.165, 1.54) is 4.90 Å². The molecular weight excluding hydrogens is 264 g/mol. The summed E-state index contributed by atoms with van der Waals surface area (Å²) in [5.74, 6) is -1.31. The smallest absolute Gasteiger partial charge is 0.336 e. The zero-order chi connectivity index (χ0) is 14.3. The fourth-order valence-electron chi connectivity index (χ4n) is 2.35. The number of nitrogens with zero attached hydrogens (tertiary/aromatic N) is 1. The highest BCUT2D eigenvalue weighted by Gasteiger charge is 2.39. The molecule has 1 unspecified atom stereocenters. The Morgan fingerprint density at radius 2 is 2.05 bits per heavy atom. The van der Waals surface area contributed by atoms with Gasteiger partial charge in [0.2, 0.25) is 0 Å². The lowest BCUT2D eigenvalue weighted by Crippen LogP contribution is -2.52. The lowest BCUT2D eigenvalue weighted by molar-refractivity contribution is -0.168. The Hall–Kier alpha value is -2.57. The van der Waals surface area contributed by atoms with Gasteiger partial charge in [0.05, 0.1) is 11.3 Å². The first-order valence-electron chi connectivity index (χ1n) is 6.14. The largest absolute Gasteiger partial charge is 0.470 e. The molecule has 7 nitrogen and oxygen atoms in total. The van der Waals surface area contributed by atoms with E-state index in [9.17, 15) is 14.4 Å². The number of amides is 1. The van der Waals surface area contributed by atoms with Gasteiger partial charge in [0, 0.05) is 6.42 Å². The van der Waals surface area contributed by atoms with Crippen LogP contribution in [0, 0.1) is 0 Å². The summed E-state index contributed by atoms with van der Waals surface area (Å²) < 4.78 is 10.0. The number of nitrogen functional groups attached to an aromatic ring is 1. The van der Waals surface area contributed by atoms with Crippen LogP contribution in [0.3, 0.4) is 0 Å². The van der Waals surface area contributed by atoms with Crippen LogP contribution < -0.4 is 10.5 Å². The number of hydrogen-bond acceptors (Lipinski definition) is 6. The monoisotopic (exact) mass is 276 g/mol. The maximum atomic E-state index is 12.4. The Labute approximate surface area is 114 Å². The third-order valence-corrected chi connectivity index (χ3v) is 3.37. The molecule has 0 aliphatic carbocycles. The van der Waals surface area contributed by atoms with E-state index in [-0.39, 0.29) is 25.5 Å². The van der Waals surface area contributed by atoms with E-state index < -0.39 is 18.0 Å². The number of anilines is 1. The molecule has 1 atom stereocenters. The maximum absolute atomic E-state index is 12.4. The first-order valence-corrected chi connectivity index (χ1v) is 6.14. The highest BCUT2D eigenvalue weighted by atomic mass is 16.6. The summed E-state index contributed by atoms with van der Waals surface area (Å²) in [4.78, 5) is 36.4. The van der Waals surface area contributed by atoms with Crippen LogP contribution in [0.1, 0.15) is 23.2 Å². The van der Waals surface area contributed by atoms with Crippen LogP contribution in [0.15, 0.2) is 18.2 Å². The topological polar surface area (TPSA) is 98.9 Å². The van der Waals surface area contributed by atoms with E-state index in [1.807, 2.05) is 0 Å². The maximum Gasteiger partial charge on any atom is 0.336 e. The summed E-state index contributed by atoms with van der Waals surface area (Å²) in [6, 6.07) is 4.06. The second kappa shape index (κ2) is 4.52. The summed E-state index contributed by atoms with van der Waals surface area (Å²) in [7, 11) is 0. The lowest BCUT2D eigenvalue weighted by atomic mass is 10.0. The molecule has 104 valence electrons. The van der Waals surface area contributed by atoms with Crippen LogP contribution in [0.4, 0.5) is 5.69 Å². The van der Waals surface area contributed by atoms with Gasteiger partial charge >= 0.3 is 11.9 Å². The molecule has 0 bridgehead atoms. The predicted molar refractivity (Wildman–Crippen MR) is 66.6 cm³/mol. The van der Waals surface area contributed by atoms with Crippen molar-refractivity contribution in [1.29, 1.82) is 0 Å². The van der Waals surface area contributed by atoms with E-state index in [2.05, 4.69) is 4.74 Å². The van der Waals surface area contributed by atoms with Gasteiger partial charge in [-0.15, -0.1) is 0 Å². The number of nitrogens with two attached hydrogens (primary N) is 1. The van der Waals surface area contributed by atoms with Gasteiger partial charge in [-0.25, -0.2) is 4.79 Å². The van der Waals surface area contributed by atoms with Crippen molar-refractivity contribution in [1.82, 2.24) is 4.90 Å². The summed E-state index contributed by atoms with van der Waals surface area (Å²) in [5, 5.41) is 0. The molecule has 1 aromatic carbocycles. The number of rotatable bonds is 1. The number of fused-ring (bicyclic) bond motifs is 1. The van der Waals surface area contributed by atoms with Crippen LogP contribution in [0.5, 0.6) is 5.75 Å². The molecule has 1 aromatic rings. The van der Waals surface area contributed by atoms with Crippen molar-refractivity contribution in [2.45, 2.75) is 18.9 Å². The van der Waals surface area contributed by atoms with Crippen molar-refractivity contribution >= 4 is 23.5 Å². The summed E-state index contributed by atoms with van der Waals surface area (Å²) in [5.41, 5.74) is 6.42. The van der Waals surface area contributed by atoms with Crippen molar-refractivity contribution in [3.05, 3.63) is 23.8 Å². The van der Waals surface area contributed by atoms with Gasteiger partial charge < -0.3 is 15.2 Å². The van der Waals surface area contributed by atoms with E-state index in [4.69, 9.17) is 10.5 Å². The second-order valence-electron chi connectivity index (χ2n) is 4.62. The molecule has 0 spiro atoms. The first kappa shape index (κ1) is 12.5. The predicted octanol–water partition coefficient (Wildman–Crippen LogP) is 0.293. The van der Waals surface area contributed by atoms with Gasteiger partial charge in [-0.1, -0.05) is 6.07 Å². The van der Waals surface area contributed by atoms with Crippen LogP contribution in [0.2, 0.25) is 0 Å². The van der Waals surface area contributed by atoms with Crippen molar-refractivity contribution in [2.75, 3.05) is 12.5 Å². The Kier molecular flexibility index (Phi) is 2.81. The second-order valence-corrected chi connectivity index (χ2v) is 4.62. The average Bonchev–Trinajstić information content (AvgIpc) is 2.41. The molecule has 2 aliphatic heterocycles. The highest BCUT2D eigenvalue weighted by molar-refractivity contribution is 6.02. The summed E-state index contributed by atoms with van der Waals surface area (Å²) >= 11 is 0. The Balaban J connectivity index is 1.89. The zero-order valence-electron chi connectivity index (χ0n) is 10.5. The summed E-state index contributed by atoms with van der Waals surface area (Å²) in [6.07, 6.45) is 0.342. The normalized spacial score (nSPS) is 22.1. The molecule has 0 radical (unpaired) electrons. The number of ether oxygens (including phenoxy) is 2. The lowest BCUT2D eigenvalue weighted by Gasteiger charge is -2.35. The Morgan fingerprint density at radius 1 is 1.25 bits per heavy atom. The number of para-hydroxylation sites is 1. The number of esters is 2. The molecule has 20 heavy (non-hydrogen) atoms. The molecule has 2 N–H and O–H groups in total. The van der Waals surface area contributed by atoms with Crippen molar-refractivity contribution in [3.8, 4) is 5.75 Å². The zero-order valence-corrected chi connectivity index (χ0v) is 10.5. The molecular formula is C13H12N2O5. The number of carbonyl (C=O) groups is 3. The molecule has 2 aliphatic rings. The van der Waals surface area contributed by atoms with Crippen molar-refractivity contribution in [2.24, 2.45) is 0 Å². The molecule has 7 heteroatoms. The van der Waals surface area contributed by atoms with Gasteiger partial charge in [-0.3, -0.25) is 14.5 Å². The first-order chi connectivity index (χ1) is 9.58. The number of hydrogen-bond donors (Lipinski definition) is 1. The van der Waals surface area contributed by atoms with Crippen LogP contribution in [-0.4, -0.2) is 35.5 Å². The molecule has 3 rings (SSSR count). The van der Waals surface area contributed by atoms with Crippen molar-refractivity contribution in [3.63, 3.8) is 0 Å². The molecule has 0 saturated carbocycles. The number of benzene rings is 1. The molecule has 1 fully saturated rings. The van der Waals surface area contributed by atoms with E-state index in [0.717, 1.165) is 0 Å². The SMILES string of the molecule is Nc1cccc2c1OCN(C1CCC(=O)OC1=O)C2=O. The quantitative estimate of drug-likeness (QED) is 0.450. The van der Waals surface area contributed by atoms with E-state index in [0.29, 0.717) is 17.0 Å². The number of carbonyl (C=O) groups excluding carboxylic acids is 3. The van der Waals surface area contributed by atoms with Crippen molar-refractivity contribution < 1.29 is 23.9 Å². The minimum atomic E-state index is -0.796. The van der Waals surface area contributed by atoms with Gasteiger partial charge in [0.1, 0.15) is 6.04 Å². The highest BCUT2D eigenvalue weighted by Crippen LogP contribution is 2.32. The van der Waals surface area contributed by atoms with Crippen LogP contribution in [0.25, 0.3) is 0 Å². The fraction of sp³-hybridized carbons (Fsp3) is 0.308. The number of cyclic esters (lactones) is 2. The minimum Gasteiger partial charge on any atom is -0.470 e. The molecule has 1 amide bonds. The van der Waals surface area contributed by atoms with Crippen LogP contribution >= 0.6 is 0 Å². The van der Waals surface area contributed by atoms with E-state index >= 15 is 0 Å². The fourth-order valence-corrected chi connectivity index (χ4v) is 2.35. The molecule has 0 aromatic heterocycles. The Morgan fingerprint density at radius 3 is 2.80 bits per heavy atom. The van der Waals surface area contributed by atoms with Gasteiger partial charge in [-0.2, -0.15) is 0 Å². The van der Waals surface area contributed by atoms with Gasteiger partial charge in [0.25, 0.3) is 5.91 Å². The van der Waals surface area contributed by atoms with E-state index in [1.54, 1.807) is 18.2 Å². The summed E-state index contributed by atoms with van der Waals surface area (Å²) in [6.45, 7) is -0.0893. The third-order valence-electron chi connectivity index (χ3n) is 3.37. The third kappa shape index (κ3) is 1.87. The Bertz CT molecular complexity index is 613. The minimum absolute atomic E-state index is 0.0893. The van der Waals surface area contributed by atoms with Gasteiger partial charge in [0.15, 0.2) is 12.5 Å². The van der Waals surface area contributed by atoms with Crippen LogP contribution in [-0.2, 0) is 14.3 Å².